The Morgan fingerprint density at radius 1 is 1.20 bits per heavy atom. The van der Waals surface area contributed by atoms with Crippen molar-refractivity contribution in [1.82, 2.24) is 5.32 Å². The van der Waals surface area contributed by atoms with Crippen LogP contribution in [0.4, 0.5) is 0 Å². The van der Waals surface area contributed by atoms with E-state index in [2.05, 4.69) is 19.2 Å². The Morgan fingerprint density at radius 3 is 2.30 bits per heavy atom. The van der Waals surface area contributed by atoms with E-state index in [9.17, 15) is 16.8 Å². The number of rotatable bonds is 8. The zero-order chi connectivity index (χ0) is 15.4. The van der Waals surface area contributed by atoms with E-state index >= 15 is 0 Å². The summed E-state index contributed by atoms with van der Waals surface area (Å²) in [4.78, 5) is 0. The van der Waals surface area contributed by atoms with Crippen molar-refractivity contribution in [2.75, 3.05) is 18.8 Å². The van der Waals surface area contributed by atoms with Crippen molar-refractivity contribution in [3.05, 3.63) is 12.1 Å². The fourth-order valence-electron chi connectivity index (χ4n) is 1.50. The Balaban J connectivity index is 2.59. The van der Waals surface area contributed by atoms with Gasteiger partial charge >= 0.3 is 0 Å². The number of hydrogen-bond donors (Lipinski definition) is 2. The molecule has 0 spiro atoms. The van der Waals surface area contributed by atoms with Crippen molar-refractivity contribution in [1.29, 1.82) is 0 Å². The second-order valence-corrected chi connectivity index (χ2v) is 10.1. The molecule has 0 unspecified atom stereocenters. The average Bonchev–Trinajstić information content (AvgIpc) is 2.77. The molecule has 9 heteroatoms. The Kier molecular flexibility index (Phi) is 6.14. The van der Waals surface area contributed by atoms with Crippen molar-refractivity contribution in [3.63, 3.8) is 0 Å². The van der Waals surface area contributed by atoms with E-state index in [0.29, 0.717) is 30.2 Å². The van der Waals surface area contributed by atoms with Crippen LogP contribution in [0.1, 0.15) is 20.3 Å². The molecule has 1 heterocycles. The average molecular weight is 340 g/mol. The summed E-state index contributed by atoms with van der Waals surface area (Å²) >= 11 is 0.694. The van der Waals surface area contributed by atoms with Crippen LogP contribution in [-0.2, 0) is 19.9 Å². The summed E-state index contributed by atoms with van der Waals surface area (Å²) in [6.07, 6.45) is 0.484. The SMILES string of the molecule is CC(C)CNCCCS(=O)(=O)c1ccc(S(N)(=O)=O)s1. The van der Waals surface area contributed by atoms with E-state index in [1.165, 1.54) is 12.1 Å². The summed E-state index contributed by atoms with van der Waals surface area (Å²) < 4.78 is 46.2. The largest absolute Gasteiger partial charge is 0.316 e. The van der Waals surface area contributed by atoms with Gasteiger partial charge < -0.3 is 5.32 Å². The molecule has 0 saturated heterocycles. The summed E-state index contributed by atoms with van der Waals surface area (Å²) in [5, 5.41) is 8.12. The molecule has 3 N–H and O–H groups in total. The van der Waals surface area contributed by atoms with Crippen LogP contribution < -0.4 is 10.5 Å². The van der Waals surface area contributed by atoms with Crippen molar-refractivity contribution < 1.29 is 16.8 Å². The molecule has 0 radical (unpaired) electrons. The molecule has 0 aliphatic carbocycles. The Hall–Kier alpha value is -0.480. The molecular weight excluding hydrogens is 320 g/mol. The lowest BCUT2D eigenvalue weighted by Gasteiger charge is -2.07. The molecule has 0 saturated carbocycles. The molecule has 0 amide bonds. The lowest BCUT2D eigenvalue weighted by Crippen LogP contribution is -2.22. The van der Waals surface area contributed by atoms with Crippen LogP contribution in [0.25, 0.3) is 0 Å². The number of sulfone groups is 1. The number of thiophene rings is 1. The van der Waals surface area contributed by atoms with Crippen LogP contribution in [0.2, 0.25) is 0 Å². The van der Waals surface area contributed by atoms with Gasteiger partial charge in [0, 0.05) is 0 Å². The van der Waals surface area contributed by atoms with Crippen LogP contribution in [0.15, 0.2) is 20.6 Å². The quantitative estimate of drug-likeness (QED) is 0.681. The van der Waals surface area contributed by atoms with Gasteiger partial charge in [0.15, 0.2) is 9.84 Å². The van der Waals surface area contributed by atoms with Gasteiger partial charge in [-0.1, -0.05) is 13.8 Å². The molecule has 0 aliphatic rings. The minimum atomic E-state index is -3.84. The van der Waals surface area contributed by atoms with Crippen LogP contribution in [-0.4, -0.2) is 35.7 Å². The van der Waals surface area contributed by atoms with Crippen molar-refractivity contribution in [2.24, 2.45) is 11.1 Å². The van der Waals surface area contributed by atoms with E-state index in [1.54, 1.807) is 0 Å². The normalized spacial score (nSPS) is 13.0. The van der Waals surface area contributed by atoms with Gasteiger partial charge in [-0.3, -0.25) is 0 Å². The molecule has 0 aromatic carbocycles. The van der Waals surface area contributed by atoms with E-state index in [1.807, 2.05) is 0 Å². The van der Waals surface area contributed by atoms with E-state index in [0.717, 1.165) is 6.54 Å². The minimum absolute atomic E-state index is 0.0112. The third-order valence-corrected chi connectivity index (χ3v) is 7.37. The number of sulfonamides is 1. The molecule has 1 aromatic heterocycles. The van der Waals surface area contributed by atoms with Crippen LogP contribution >= 0.6 is 11.3 Å². The summed E-state index contributed by atoms with van der Waals surface area (Å²) in [5.41, 5.74) is 0. The summed E-state index contributed by atoms with van der Waals surface area (Å²) in [6.45, 7) is 5.60. The van der Waals surface area contributed by atoms with Crippen molar-refractivity contribution in [3.8, 4) is 0 Å². The van der Waals surface area contributed by atoms with E-state index in [4.69, 9.17) is 5.14 Å². The van der Waals surface area contributed by atoms with Gasteiger partial charge in [0.1, 0.15) is 8.42 Å². The number of nitrogens with two attached hydrogens (primary N) is 1. The zero-order valence-electron chi connectivity index (χ0n) is 11.5. The summed E-state index contributed by atoms with van der Waals surface area (Å²) in [5.74, 6) is 0.504. The predicted molar refractivity (Wildman–Crippen MR) is 80.1 cm³/mol. The van der Waals surface area contributed by atoms with Crippen molar-refractivity contribution in [2.45, 2.75) is 28.7 Å². The summed E-state index contributed by atoms with van der Waals surface area (Å²) in [7, 11) is -7.28. The molecule has 20 heavy (non-hydrogen) atoms. The number of hydrogen-bond acceptors (Lipinski definition) is 6. The van der Waals surface area contributed by atoms with Gasteiger partial charge in [-0.15, -0.1) is 11.3 Å². The van der Waals surface area contributed by atoms with E-state index < -0.39 is 19.9 Å². The fraction of sp³-hybridized carbons (Fsp3) is 0.636. The Bertz CT molecular complexity index is 632. The molecule has 1 rings (SSSR count). The highest BCUT2D eigenvalue weighted by atomic mass is 32.3. The second kappa shape index (κ2) is 6.99. The molecule has 6 nitrogen and oxygen atoms in total. The first-order chi connectivity index (χ1) is 9.13. The third-order valence-electron chi connectivity index (χ3n) is 2.46. The fourth-order valence-corrected chi connectivity index (χ4v) is 5.15. The van der Waals surface area contributed by atoms with Crippen molar-refractivity contribution >= 4 is 31.2 Å². The Labute approximate surface area is 124 Å². The zero-order valence-corrected chi connectivity index (χ0v) is 13.9. The highest BCUT2D eigenvalue weighted by Crippen LogP contribution is 2.25. The number of nitrogens with one attached hydrogen (secondary N) is 1. The maximum Gasteiger partial charge on any atom is 0.247 e. The van der Waals surface area contributed by atoms with Crippen LogP contribution in [0, 0.1) is 5.92 Å². The first-order valence-electron chi connectivity index (χ1n) is 6.19. The number of primary sulfonamides is 1. The standard InChI is InChI=1S/C11H20N2O4S3/c1-9(2)8-13-6-3-7-19(14,15)10-4-5-11(18-10)20(12,16)17/h4-5,9,13H,3,6-8H2,1-2H3,(H2,12,16,17). The van der Waals surface area contributed by atoms with Gasteiger partial charge in [0.25, 0.3) is 0 Å². The highest BCUT2D eigenvalue weighted by molar-refractivity contribution is 7.95. The molecular formula is C11H20N2O4S3. The Morgan fingerprint density at radius 2 is 1.80 bits per heavy atom. The maximum atomic E-state index is 12.0. The lowest BCUT2D eigenvalue weighted by molar-refractivity contribution is 0.547. The van der Waals surface area contributed by atoms with Crippen LogP contribution in [0.5, 0.6) is 0 Å². The van der Waals surface area contributed by atoms with Gasteiger partial charge in [0.05, 0.1) is 5.75 Å². The van der Waals surface area contributed by atoms with Gasteiger partial charge in [-0.25, -0.2) is 22.0 Å². The summed E-state index contributed by atoms with van der Waals surface area (Å²) in [6, 6.07) is 2.52. The first-order valence-corrected chi connectivity index (χ1v) is 10.2. The molecule has 1 aromatic rings. The highest BCUT2D eigenvalue weighted by Gasteiger charge is 2.20. The van der Waals surface area contributed by atoms with Gasteiger partial charge in [-0.2, -0.15) is 0 Å². The topological polar surface area (TPSA) is 106 Å². The molecule has 0 fully saturated rings. The monoisotopic (exact) mass is 340 g/mol. The smallest absolute Gasteiger partial charge is 0.247 e. The second-order valence-electron chi connectivity index (χ2n) is 4.89. The maximum absolute atomic E-state index is 12.0. The molecule has 116 valence electrons. The van der Waals surface area contributed by atoms with Gasteiger partial charge in [0.2, 0.25) is 10.0 Å². The predicted octanol–water partition coefficient (Wildman–Crippen LogP) is 0.805. The van der Waals surface area contributed by atoms with Gasteiger partial charge in [-0.05, 0) is 37.6 Å². The third kappa shape index (κ3) is 5.49. The molecule has 0 atom stereocenters. The lowest BCUT2D eigenvalue weighted by atomic mass is 10.2. The van der Waals surface area contributed by atoms with Crippen LogP contribution in [0.3, 0.4) is 0 Å². The van der Waals surface area contributed by atoms with E-state index in [-0.39, 0.29) is 14.2 Å². The molecule has 0 bridgehead atoms. The minimum Gasteiger partial charge on any atom is -0.316 e. The molecule has 0 aliphatic heterocycles. The first kappa shape index (κ1) is 17.6.